The number of rotatable bonds is 14. The number of hydrogen-bond acceptors (Lipinski definition) is 4. The largest absolute Gasteiger partial charge is 0.490 e. The number of carbonyl (C=O) groups excluding carboxylic acids is 1. The molecular weight excluding hydrogens is 412 g/mol. The van der Waals surface area contributed by atoms with E-state index in [1.165, 1.54) is 11.3 Å². The van der Waals surface area contributed by atoms with Crippen molar-refractivity contribution in [3.8, 4) is 11.5 Å². The molecule has 1 aliphatic heterocycles. The molecule has 33 heavy (non-hydrogen) atoms. The van der Waals surface area contributed by atoms with Crippen LogP contribution < -0.4 is 14.4 Å². The maximum absolute atomic E-state index is 13.1. The van der Waals surface area contributed by atoms with Gasteiger partial charge in [-0.2, -0.15) is 0 Å². The molecule has 0 atom stereocenters. The van der Waals surface area contributed by atoms with E-state index in [4.69, 9.17) is 9.47 Å². The summed E-state index contributed by atoms with van der Waals surface area (Å²) in [6.07, 6.45) is 7.48. The van der Waals surface area contributed by atoms with Crippen LogP contribution in [0.3, 0.4) is 0 Å². The normalized spacial score (nSPS) is 12.7. The molecule has 1 aliphatic rings. The third-order valence-corrected chi connectivity index (χ3v) is 6.21. The number of hydrogen-bond donors (Lipinski definition) is 0. The van der Waals surface area contributed by atoms with Gasteiger partial charge in [-0.3, -0.25) is 4.79 Å². The van der Waals surface area contributed by atoms with E-state index in [1.807, 2.05) is 31.1 Å². The Hall–Kier alpha value is -2.69. The molecule has 5 heteroatoms. The van der Waals surface area contributed by atoms with Crippen molar-refractivity contribution in [2.75, 3.05) is 38.8 Å². The summed E-state index contributed by atoms with van der Waals surface area (Å²) in [6.45, 7) is 6.98. The summed E-state index contributed by atoms with van der Waals surface area (Å²) in [5.74, 6) is 1.63. The van der Waals surface area contributed by atoms with E-state index in [9.17, 15) is 4.79 Å². The highest BCUT2D eigenvalue weighted by molar-refractivity contribution is 5.99. The first-order valence-corrected chi connectivity index (χ1v) is 12.5. The van der Waals surface area contributed by atoms with Gasteiger partial charge in [0.15, 0.2) is 11.5 Å². The lowest BCUT2D eigenvalue weighted by Gasteiger charge is -2.17. The molecule has 0 saturated carbocycles. The molecule has 0 spiro atoms. The molecule has 1 heterocycles. The Kier molecular flexibility index (Phi) is 9.47. The van der Waals surface area contributed by atoms with Gasteiger partial charge in [-0.15, -0.1) is 0 Å². The number of unbranched alkanes of at least 4 members (excludes halogenated alkanes) is 4. The molecule has 5 nitrogen and oxygen atoms in total. The van der Waals surface area contributed by atoms with Gasteiger partial charge in [0.2, 0.25) is 0 Å². The summed E-state index contributed by atoms with van der Waals surface area (Å²) in [4.78, 5) is 17.1. The Morgan fingerprint density at radius 2 is 1.55 bits per heavy atom. The number of ether oxygens (including phenoxy) is 2. The molecule has 0 aromatic heterocycles. The number of amides is 1. The second-order valence-corrected chi connectivity index (χ2v) is 9.07. The van der Waals surface area contributed by atoms with Crippen LogP contribution in [0.4, 0.5) is 5.69 Å². The molecule has 2 aromatic carbocycles. The van der Waals surface area contributed by atoms with Crippen LogP contribution >= 0.6 is 0 Å². The lowest BCUT2D eigenvalue weighted by atomic mass is 10.1. The van der Waals surface area contributed by atoms with Crippen LogP contribution in [0.15, 0.2) is 36.4 Å². The summed E-state index contributed by atoms with van der Waals surface area (Å²) in [6, 6.07) is 12.4. The molecule has 3 rings (SSSR count). The monoisotopic (exact) mass is 452 g/mol. The van der Waals surface area contributed by atoms with Gasteiger partial charge in [0.05, 0.1) is 19.8 Å². The molecule has 1 amide bonds. The van der Waals surface area contributed by atoms with Crippen LogP contribution in [-0.2, 0) is 13.0 Å². The number of nitrogens with zero attached hydrogens (tertiary/aromatic N) is 2. The van der Waals surface area contributed by atoms with Gasteiger partial charge in [0.1, 0.15) is 0 Å². The highest BCUT2D eigenvalue weighted by Crippen LogP contribution is 2.39. The minimum Gasteiger partial charge on any atom is -0.490 e. The minimum atomic E-state index is 0.0888. The Morgan fingerprint density at radius 3 is 2.18 bits per heavy atom. The first-order chi connectivity index (χ1) is 16.0. The molecule has 2 aromatic rings. The van der Waals surface area contributed by atoms with Gasteiger partial charge in [-0.1, -0.05) is 51.7 Å². The van der Waals surface area contributed by atoms with Gasteiger partial charge in [0.25, 0.3) is 5.91 Å². The maximum atomic E-state index is 13.1. The maximum Gasteiger partial charge on any atom is 0.254 e. The zero-order valence-corrected chi connectivity index (χ0v) is 20.9. The Labute approximate surface area is 199 Å². The van der Waals surface area contributed by atoms with Crippen molar-refractivity contribution < 1.29 is 14.3 Å². The average Bonchev–Trinajstić information content (AvgIpc) is 3.14. The molecular formula is C28H40N2O3. The zero-order chi connectivity index (χ0) is 23.6. The predicted octanol–water partition coefficient (Wildman–Crippen LogP) is 6.09. The first kappa shape index (κ1) is 24.9. The van der Waals surface area contributed by atoms with Gasteiger partial charge in [-0.05, 0) is 49.1 Å². The fraction of sp³-hybridized carbons (Fsp3) is 0.536. The standard InChI is InChI=1S/C28H40N2O3/c1-5-7-9-19-32-26-16-15-24-25(27(26)33-20-10-8-6-2)21-30(28(24)31)18-17-22-11-13-23(14-12-22)29(3)4/h11-16H,5-10,17-21H2,1-4H3. The summed E-state index contributed by atoms with van der Waals surface area (Å²) in [5.41, 5.74) is 4.15. The second kappa shape index (κ2) is 12.5. The summed E-state index contributed by atoms with van der Waals surface area (Å²) >= 11 is 0. The molecule has 0 fully saturated rings. The molecule has 180 valence electrons. The summed E-state index contributed by atoms with van der Waals surface area (Å²) < 4.78 is 12.3. The van der Waals surface area contributed by atoms with Gasteiger partial charge in [-0.25, -0.2) is 0 Å². The smallest absolute Gasteiger partial charge is 0.254 e. The van der Waals surface area contributed by atoms with Crippen molar-refractivity contribution in [2.24, 2.45) is 0 Å². The third kappa shape index (κ3) is 6.66. The predicted molar refractivity (Wildman–Crippen MR) is 136 cm³/mol. The SMILES string of the molecule is CCCCCOc1ccc2c(c1OCCCCC)CN(CCc1ccc(N(C)C)cc1)C2=O. The van der Waals surface area contributed by atoms with Crippen molar-refractivity contribution in [1.29, 1.82) is 0 Å². The zero-order valence-electron chi connectivity index (χ0n) is 20.9. The number of fused-ring (bicyclic) bond motifs is 1. The van der Waals surface area contributed by atoms with Crippen molar-refractivity contribution in [3.05, 3.63) is 53.1 Å². The lowest BCUT2D eigenvalue weighted by molar-refractivity contribution is 0.0780. The molecule has 0 unspecified atom stereocenters. The average molecular weight is 453 g/mol. The van der Waals surface area contributed by atoms with E-state index in [2.05, 4.69) is 43.0 Å². The van der Waals surface area contributed by atoms with E-state index >= 15 is 0 Å². The molecule has 0 aliphatic carbocycles. The Morgan fingerprint density at radius 1 is 0.879 bits per heavy atom. The lowest BCUT2D eigenvalue weighted by Crippen LogP contribution is -2.26. The summed E-state index contributed by atoms with van der Waals surface area (Å²) in [7, 11) is 4.08. The van der Waals surface area contributed by atoms with E-state index in [0.29, 0.717) is 26.3 Å². The van der Waals surface area contributed by atoms with Gasteiger partial charge >= 0.3 is 0 Å². The van der Waals surface area contributed by atoms with E-state index in [0.717, 1.165) is 67.6 Å². The van der Waals surface area contributed by atoms with Gasteiger partial charge < -0.3 is 19.3 Å². The fourth-order valence-corrected chi connectivity index (χ4v) is 4.13. The molecule has 0 N–H and O–H groups in total. The van der Waals surface area contributed by atoms with Crippen molar-refractivity contribution in [1.82, 2.24) is 4.90 Å². The van der Waals surface area contributed by atoms with Crippen molar-refractivity contribution >= 4 is 11.6 Å². The van der Waals surface area contributed by atoms with Crippen molar-refractivity contribution in [2.45, 2.75) is 65.3 Å². The molecule has 0 radical (unpaired) electrons. The highest BCUT2D eigenvalue weighted by Gasteiger charge is 2.31. The fourth-order valence-electron chi connectivity index (χ4n) is 4.13. The molecule has 0 saturated heterocycles. The van der Waals surface area contributed by atoms with E-state index in [-0.39, 0.29) is 5.91 Å². The van der Waals surface area contributed by atoms with E-state index in [1.54, 1.807) is 0 Å². The number of benzene rings is 2. The minimum absolute atomic E-state index is 0.0888. The summed E-state index contributed by atoms with van der Waals surface area (Å²) in [5, 5.41) is 0. The highest BCUT2D eigenvalue weighted by atomic mass is 16.5. The Balaban J connectivity index is 1.70. The van der Waals surface area contributed by atoms with Gasteiger partial charge in [0, 0.05) is 37.5 Å². The Bertz CT molecular complexity index is 893. The quantitative estimate of drug-likeness (QED) is 0.325. The van der Waals surface area contributed by atoms with Crippen LogP contribution in [0.2, 0.25) is 0 Å². The number of carbonyl (C=O) groups is 1. The third-order valence-electron chi connectivity index (χ3n) is 6.21. The first-order valence-electron chi connectivity index (χ1n) is 12.5. The topological polar surface area (TPSA) is 42.0 Å². The second-order valence-electron chi connectivity index (χ2n) is 9.07. The van der Waals surface area contributed by atoms with Crippen LogP contribution in [0.1, 0.15) is 73.9 Å². The number of anilines is 1. The van der Waals surface area contributed by atoms with Crippen LogP contribution in [-0.4, -0.2) is 44.7 Å². The van der Waals surface area contributed by atoms with Crippen LogP contribution in [0, 0.1) is 0 Å². The van der Waals surface area contributed by atoms with Crippen LogP contribution in [0.5, 0.6) is 11.5 Å². The molecule has 0 bridgehead atoms. The van der Waals surface area contributed by atoms with E-state index < -0.39 is 0 Å². The van der Waals surface area contributed by atoms with Crippen molar-refractivity contribution in [3.63, 3.8) is 0 Å². The van der Waals surface area contributed by atoms with Crippen LogP contribution in [0.25, 0.3) is 0 Å².